The number of aliphatic carboxylic acids is 1. The van der Waals surface area contributed by atoms with Crippen molar-refractivity contribution in [2.45, 2.75) is 13.3 Å². The first kappa shape index (κ1) is 11.4. The van der Waals surface area contributed by atoms with Gasteiger partial charge in [-0.15, -0.1) is 0 Å². The number of carboxylic acid groups (broad SMARTS) is 1. The molecule has 0 bridgehead atoms. The molecule has 90 valence electrons. The molecule has 0 unspecified atom stereocenters. The van der Waals surface area contributed by atoms with Crippen molar-refractivity contribution in [2.75, 3.05) is 17.2 Å². The van der Waals surface area contributed by atoms with E-state index in [2.05, 4.69) is 0 Å². The van der Waals surface area contributed by atoms with Gasteiger partial charge in [0.25, 0.3) is 0 Å². The van der Waals surface area contributed by atoms with Gasteiger partial charge in [0, 0.05) is 24.3 Å². The van der Waals surface area contributed by atoms with Crippen molar-refractivity contribution < 1.29 is 14.7 Å². The number of carbonyl (C=O) groups is 2. The average Bonchev–Trinajstić information content (AvgIpc) is 2.65. The molecule has 0 aromatic heterocycles. The van der Waals surface area contributed by atoms with Crippen molar-refractivity contribution in [2.24, 2.45) is 5.92 Å². The summed E-state index contributed by atoms with van der Waals surface area (Å²) in [4.78, 5) is 24.0. The van der Waals surface area contributed by atoms with Gasteiger partial charge in [0.15, 0.2) is 0 Å². The van der Waals surface area contributed by atoms with Gasteiger partial charge >= 0.3 is 5.97 Å². The quantitative estimate of drug-likeness (QED) is 0.748. The highest BCUT2D eigenvalue weighted by molar-refractivity contribution is 5.99. The molecular formula is C12H14N2O3. The molecule has 0 spiro atoms. The molecule has 1 aliphatic rings. The molecule has 17 heavy (non-hydrogen) atoms. The molecule has 1 atom stereocenters. The topological polar surface area (TPSA) is 83.6 Å². The molecule has 0 aliphatic carbocycles. The number of amides is 1. The minimum atomic E-state index is -0.930. The summed E-state index contributed by atoms with van der Waals surface area (Å²) in [5, 5.41) is 8.89. The third-order valence-electron chi connectivity index (χ3n) is 3.05. The zero-order valence-corrected chi connectivity index (χ0v) is 9.51. The number of nitrogens with two attached hydrogens (primary N) is 1. The summed E-state index contributed by atoms with van der Waals surface area (Å²) in [5.74, 6) is -1.72. The summed E-state index contributed by atoms with van der Waals surface area (Å²) in [6, 6.07) is 5.32. The summed E-state index contributed by atoms with van der Waals surface area (Å²) in [6.07, 6.45) is 0.0586. The van der Waals surface area contributed by atoms with Crippen LogP contribution in [0.1, 0.15) is 12.0 Å². The first-order valence-electron chi connectivity index (χ1n) is 5.38. The van der Waals surface area contributed by atoms with Crippen LogP contribution in [-0.4, -0.2) is 23.5 Å². The molecule has 1 aromatic carbocycles. The number of nitrogens with zero attached hydrogens (tertiary/aromatic N) is 1. The first-order chi connectivity index (χ1) is 7.99. The van der Waals surface area contributed by atoms with E-state index in [1.54, 1.807) is 12.1 Å². The number of hydrogen-bond acceptors (Lipinski definition) is 3. The lowest BCUT2D eigenvalue weighted by Crippen LogP contribution is -2.25. The number of hydrogen-bond donors (Lipinski definition) is 2. The summed E-state index contributed by atoms with van der Waals surface area (Å²) >= 11 is 0. The van der Waals surface area contributed by atoms with Gasteiger partial charge in [-0.25, -0.2) is 0 Å². The van der Waals surface area contributed by atoms with Crippen molar-refractivity contribution in [3.63, 3.8) is 0 Å². The zero-order valence-electron chi connectivity index (χ0n) is 9.51. The average molecular weight is 234 g/mol. The Morgan fingerprint density at radius 3 is 2.76 bits per heavy atom. The molecule has 0 radical (unpaired) electrons. The Balaban J connectivity index is 2.26. The van der Waals surface area contributed by atoms with Crippen LogP contribution in [0, 0.1) is 12.8 Å². The molecule has 5 heteroatoms. The van der Waals surface area contributed by atoms with Crippen LogP contribution in [-0.2, 0) is 9.59 Å². The van der Waals surface area contributed by atoms with Gasteiger partial charge in [0.2, 0.25) is 5.91 Å². The van der Waals surface area contributed by atoms with E-state index in [9.17, 15) is 9.59 Å². The van der Waals surface area contributed by atoms with Crippen LogP contribution >= 0.6 is 0 Å². The van der Waals surface area contributed by atoms with Crippen molar-refractivity contribution in [1.29, 1.82) is 0 Å². The van der Waals surface area contributed by atoms with E-state index in [4.69, 9.17) is 10.8 Å². The van der Waals surface area contributed by atoms with E-state index in [0.29, 0.717) is 11.4 Å². The monoisotopic (exact) mass is 234 g/mol. The number of aryl methyl sites for hydroxylation is 1. The van der Waals surface area contributed by atoms with Crippen LogP contribution in [0.2, 0.25) is 0 Å². The van der Waals surface area contributed by atoms with Gasteiger partial charge in [0.05, 0.1) is 5.92 Å². The largest absolute Gasteiger partial charge is 0.481 e. The molecule has 2 rings (SSSR count). The van der Waals surface area contributed by atoms with Gasteiger partial charge in [-0.1, -0.05) is 6.07 Å². The Morgan fingerprint density at radius 1 is 1.53 bits per heavy atom. The minimum absolute atomic E-state index is 0.0586. The maximum absolute atomic E-state index is 11.7. The van der Waals surface area contributed by atoms with Crippen LogP contribution in [0.3, 0.4) is 0 Å². The SMILES string of the molecule is Cc1ccc(N2C[C@@H](C(=O)O)CC2=O)cc1N. The number of anilines is 2. The number of carbonyl (C=O) groups excluding carboxylic acids is 1. The van der Waals surface area contributed by atoms with Gasteiger partial charge in [0.1, 0.15) is 0 Å². The third kappa shape index (κ3) is 2.08. The lowest BCUT2D eigenvalue weighted by atomic mass is 10.1. The standard InChI is InChI=1S/C12H14N2O3/c1-7-2-3-9(5-10(7)13)14-6-8(12(16)17)4-11(14)15/h2-3,5,8H,4,6,13H2,1H3,(H,16,17)/t8-/m0/s1. The molecular weight excluding hydrogens is 220 g/mol. The van der Waals surface area contributed by atoms with Crippen molar-refractivity contribution in [3.8, 4) is 0 Å². The fourth-order valence-electron chi connectivity index (χ4n) is 1.92. The minimum Gasteiger partial charge on any atom is -0.481 e. The predicted octanol–water partition coefficient (Wildman–Crippen LogP) is 1.01. The molecule has 1 aliphatic heterocycles. The van der Waals surface area contributed by atoms with Crippen LogP contribution in [0.4, 0.5) is 11.4 Å². The number of rotatable bonds is 2. The fourth-order valence-corrected chi connectivity index (χ4v) is 1.92. The Bertz CT molecular complexity index is 485. The number of benzene rings is 1. The van der Waals surface area contributed by atoms with Gasteiger partial charge in [-0.05, 0) is 24.6 Å². The highest BCUT2D eigenvalue weighted by Gasteiger charge is 2.35. The van der Waals surface area contributed by atoms with Crippen LogP contribution < -0.4 is 10.6 Å². The van der Waals surface area contributed by atoms with E-state index in [-0.39, 0.29) is 18.9 Å². The molecule has 5 nitrogen and oxygen atoms in total. The predicted molar refractivity (Wildman–Crippen MR) is 63.7 cm³/mol. The molecule has 0 saturated carbocycles. The molecule has 1 saturated heterocycles. The first-order valence-corrected chi connectivity index (χ1v) is 5.38. The second-order valence-corrected chi connectivity index (χ2v) is 4.28. The highest BCUT2D eigenvalue weighted by Crippen LogP contribution is 2.27. The Labute approximate surface area is 98.8 Å². The van der Waals surface area contributed by atoms with E-state index in [1.165, 1.54) is 4.90 Å². The van der Waals surface area contributed by atoms with E-state index in [0.717, 1.165) is 5.56 Å². The Hall–Kier alpha value is -2.04. The number of carboxylic acids is 1. The lowest BCUT2D eigenvalue weighted by Gasteiger charge is -2.17. The zero-order chi connectivity index (χ0) is 12.6. The Kier molecular flexibility index (Phi) is 2.75. The molecule has 1 heterocycles. The Morgan fingerprint density at radius 2 is 2.24 bits per heavy atom. The lowest BCUT2D eigenvalue weighted by molar-refractivity contribution is -0.141. The summed E-state index contributed by atoms with van der Waals surface area (Å²) in [6.45, 7) is 2.10. The van der Waals surface area contributed by atoms with Crippen molar-refractivity contribution >= 4 is 23.3 Å². The fraction of sp³-hybridized carbons (Fsp3) is 0.333. The normalized spacial score (nSPS) is 19.7. The molecule has 3 N–H and O–H groups in total. The van der Waals surface area contributed by atoms with Gasteiger partial charge in [-0.3, -0.25) is 9.59 Å². The molecule has 1 fully saturated rings. The van der Waals surface area contributed by atoms with E-state index < -0.39 is 11.9 Å². The second kappa shape index (κ2) is 4.08. The van der Waals surface area contributed by atoms with Crippen LogP contribution in [0.15, 0.2) is 18.2 Å². The number of nitrogen functional groups attached to an aromatic ring is 1. The maximum Gasteiger partial charge on any atom is 0.308 e. The third-order valence-corrected chi connectivity index (χ3v) is 3.05. The van der Waals surface area contributed by atoms with Crippen molar-refractivity contribution in [1.82, 2.24) is 0 Å². The van der Waals surface area contributed by atoms with Crippen LogP contribution in [0.25, 0.3) is 0 Å². The second-order valence-electron chi connectivity index (χ2n) is 4.28. The van der Waals surface area contributed by atoms with E-state index in [1.807, 2.05) is 13.0 Å². The molecule has 1 amide bonds. The summed E-state index contributed by atoms with van der Waals surface area (Å²) < 4.78 is 0. The summed E-state index contributed by atoms with van der Waals surface area (Å²) in [7, 11) is 0. The van der Waals surface area contributed by atoms with E-state index >= 15 is 0 Å². The summed E-state index contributed by atoms with van der Waals surface area (Å²) in [5.41, 5.74) is 7.99. The van der Waals surface area contributed by atoms with Gasteiger partial charge in [-0.2, -0.15) is 0 Å². The smallest absolute Gasteiger partial charge is 0.308 e. The molecule has 1 aromatic rings. The maximum atomic E-state index is 11.7. The highest BCUT2D eigenvalue weighted by atomic mass is 16.4. The van der Waals surface area contributed by atoms with Crippen molar-refractivity contribution in [3.05, 3.63) is 23.8 Å². The van der Waals surface area contributed by atoms with Crippen LogP contribution in [0.5, 0.6) is 0 Å². The van der Waals surface area contributed by atoms with Gasteiger partial charge < -0.3 is 15.7 Å².